The van der Waals surface area contributed by atoms with E-state index < -0.39 is 8.32 Å². The lowest BCUT2D eigenvalue weighted by molar-refractivity contribution is -0.0663. The zero-order chi connectivity index (χ0) is 40.8. The van der Waals surface area contributed by atoms with Gasteiger partial charge in [0, 0.05) is 51.3 Å². The van der Waals surface area contributed by atoms with Gasteiger partial charge in [-0.15, -0.1) is 11.8 Å². The van der Waals surface area contributed by atoms with Crippen molar-refractivity contribution in [1.82, 2.24) is 4.90 Å². The molecule has 0 spiro atoms. The van der Waals surface area contributed by atoms with Crippen molar-refractivity contribution in [3.8, 4) is 5.75 Å². The molecule has 11 heteroatoms. The van der Waals surface area contributed by atoms with Crippen LogP contribution in [-0.2, 0) is 36.6 Å². The number of anilines is 1. The number of benzene rings is 3. The van der Waals surface area contributed by atoms with Gasteiger partial charge >= 0.3 is 6.09 Å². The summed E-state index contributed by atoms with van der Waals surface area (Å²) in [6, 6.07) is 25.2. The van der Waals surface area contributed by atoms with Gasteiger partial charge in [0.05, 0.1) is 37.6 Å². The van der Waals surface area contributed by atoms with Gasteiger partial charge in [-0.25, -0.2) is 4.79 Å². The molecule has 5 rings (SSSR count). The first kappa shape index (κ1) is 45.0. The molecule has 1 fully saturated rings. The summed E-state index contributed by atoms with van der Waals surface area (Å²) in [4.78, 5) is 19.5. The van der Waals surface area contributed by atoms with E-state index in [1.165, 1.54) is 10.5 Å². The van der Waals surface area contributed by atoms with Gasteiger partial charge in [0.25, 0.3) is 0 Å². The molecule has 9 nitrogen and oxygen atoms in total. The van der Waals surface area contributed by atoms with E-state index in [-0.39, 0.29) is 30.8 Å². The number of hydrogen-bond donors (Lipinski definition) is 0. The van der Waals surface area contributed by atoms with Gasteiger partial charge in [-0.2, -0.15) is 0 Å². The van der Waals surface area contributed by atoms with Crippen molar-refractivity contribution in [3.05, 3.63) is 89.5 Å². The zero-order valence-electron chi connectivity index (χ0n) is 35.7. The average molecular weight is 821 g/mol. The van der Waals surface area contributed by atoms with Crippen molar-refractivity contribution >= 4 is 31.9 Å². The highest BCUT2D eigenvalue weighted by Crippen LogP contribution is 2.46. The molecule has 2 aliphatic rings. The van der Waals surface area contributed by atoms with Crippen LogP contribution in [0.3, 0.4) is 0 Å². The van der Waals surface area contributed by atoms with E-state index >= 15 is 0 Å². The van der Waals surface area contributed by atoms with Gasteiger partial charge < -0.3 is 37.9 Å². The topological polar surface area (TPSA) is 78.9 Å². The third kappa shape index (κ3) is 12.0. The van der Waals surface area contributed by atoms with Gasteiger partial charge in [-0.1, -0.05) is 90.1 Å². The molecule has 0 N–H and O–H groups in total. The van der Waals surface area contributed by atoms with Crippen LogP contribution >= 0.6 is 11.8 Å². The van der Waals surface area contributed by atoms with E-state index in [9.17, 15) is 4.79 Å². The van der Waals surface area contributed by atoms with Crippen molar-refractivity contribution in [2.45, 2.75) is 114 Å². The Bertz CT molecular complexity index is 1620. The lowest BCUT2D eigenvalue weighted by atomic mass is 9.84. The standard InChI is InChI=1S/C46H68N2O7SSi/c1-34(2)57(35(3)4,36(5)6)55-44-31-48(46(49)54-32-37-15-10-9-11-16-37)30-43(45(44)39-18-20-40(21-19-39)56-28-13-12-25-50-7)53-33-38-17-22-42-41(29-38)47(24-27-52-42)23-14-26-51-8/h9-11,15-22,29,34-36,43-45H,12-14,23-28,30-33H2,1-8H3/t43-,44+,45+/m0/s1. The molecule has 3 aromatic rings. The largest absolute Gasteiger partial charge is 0.490 e. The van der Waals surface area contributed by atoms with Crippen LogP contribution in [0.15, 0.2) is 77.7 Å². The molecule has 1 saturated heterocycles. The fraction of sp³-hybridized carbons (Fsp3) is 0.587. The van der Waals surface area contributed by atoms with E-state index in [4.69, 9.17) is 28.1 Å². The number of carbonyl (C=O) groups is 1. The Kier molecular flexibility index (Phi) is 17.7. The number of nitrogens with zero attached hydrogens (tertiary/aromatic N) is 2. The maximum absolute atomic E-state index is 14.0. The van der Waals surface area contributed by atoms with E-state index in [0.29, 0.717) is 49.5 Å². The molecule has 2 aliphatic heterocycles. The normalized spacial score (nSPS) is 18.6. The number of unbranched alkanes of at least 4 members (excludes halogenated alkanes) is 1. The quantitative estimate of drug-likeness (QED) is 0.0593. The van der Waals surface area contributed by atoms with Gasteiger partial charge in [0.2, 0.25) is 8.32 Å². The summed E-state index contributed by atoms with van der Waals surface area (Å²) in [7, 11) is 1.11. The summed E-state index contributed by atoms with van der Waals surface area (Å²) < 4.78 is 37.4. The van der Waals surface area contributed by atoms with Crippen LogP contribution in [-0.4, -0.2) is 97.5 Å². The molecule has 1 amide bonds. The Morgan fingerprint density at radius 3 is 2.18 bits per heavy atom. The Hall–Kier alpha value is -3.06. The second-order valence-corrected chi connectivity index (χ2v) is 23.0. The number of thioether (sulfide) groups is 1. The molecule has 0 bridgehead atoms. The third-order valence-electron chi connectivity index (χ3n) is 11.6. The minimum Gasteiger partial charge on any atom is -0.490 e. The maximum atomic E-state index is 14.0. The SMILES string of the molecule is COCCCCSc1ccc([C@@H]2[C@@H](OCc3ccc4c(c3)N(CCCOC)CCO4)CN(C(=O)OCc3ccccc3)C[C@H]2O[Si](C(C)C)(C(C)C)C(C)C)cc1. The molecule has 0 unspecified atom stereocenters. The van der Waals surface area contributed by atoms with Crippen molar-refractivity contribution in [2.24, 2.45) is 0 Å². The molecule has 57 heavy (non-hydrogen) atoms. The lowest BCUT2D eigenvalue weighted by Gasteiger charge is -2.50. The minimum atomic E-state index is -2.40. The van der Waals surface area contributed by atoms with Crippen LogP contribution in [0.2, 0.25) is 16.6 Å². The fourth-order valence-corrected chi connectivity index (χ4v) is 15.3. The fourth-order valence-electron chi connectivity index (χ4n) is 8.87. The lowest BCUT2D eigenvalue weighted by Crippen LogP contribution is -2.59. The van der Waals surface area contributed by atoms with Gasteiger partial charge in [0.15, 0.2) is 0 Å². The molecule has 3 aromatic carbocycles. The molecule has 0 saturated carbocycles. The highest BCUT2D eigenvalue weighted by molar-refractivity contribution is 7.99. The number of fused-ring (bicyclic) bond motifs is 1. The summed E-state index contributed by atoms with van der Waals surface area (Å²) in [6.45, 7) is 19.2. The molecule has 0 aromatic heterocycles. The predicted molar refractivity (Wildman–Crippen MR) is 234 cm³/mol. The van der Waals surface area contributed by atoms with Crippen LogP contribution in [0.5, 0.6) is 5.75 Å². The summed E-state index contributed by atoms with van der Waals surface area (Å²) >= 11 is 1.88. The molecule has 0 radical (unpaired) electrons. The molecule has 2 heterocycles. The van der Waals surface area contributed by atoms with Gasteiger partial charge in [-0.3, -0.25) is 0 Å². The second-order valence-electron chi connectivity index (χ2n) is 16.4. The highest BCUT2D eigenvalue weighted by Gasteiger charge is 2.51. The van der Waals surface area contributed by atoms with E-state index in [1.54, 1.807) is 14.2 Å². The van der Waals surface area contributed by atoms with E-state index in [0.717, 1.165) is 67.3 Å². The Morgan fingerprint density at radius 2 is 1.49 bits per heavy atom. The molecule has 3 atom stereocenters. The number of amides is 1. The molecule has 314 valence electrons. The number of carbonyl (C=O) groups excluding carboxylic acids is 1. The van der Waals surface area contributed by atoms with Crippen molar-refractivity contribution in [2.75, 3.05) is 70.9 Å². The molecular formula is C46H68N2O7SSi. The highest BCUT2D eigenvalue weighted by atomic mass is 32.2. The first-order valence-electron chi connectivity index (χ1n) is 21.0. The minimum absolute atomic E-state index is 0.0986. The molecular weight excluding hydrogens is 753 g/mol. The number of likely N-dealkylation sites (tertiary alicyclic amines) is 1. The summed E-state index contributed by atoms with van der Waals surface area (Å²) in [5.41, 5.74) is 5.40. The Morgan fingerprint density at radius 1 is 0.807 bits per heavy atom. The zero-order valence-corrected chi connectivity index (χ0v) is 37.6. The summed E-state index contributed by atoms with van der Waals surface area (Å²) in [5, 5.41) is 0. The Labute approximate surface area is 348 Å². The second kappa shape index (κ2) is 22.3. The monoisotopic (exact) mass is 820 g/mol. The number of methoxy groups -OCH3 is 2. The number of ether oxygens (including phenoxy) is 5. The summed E-state index contributed by atoms with van der Waals surface area (Å²) in [5.74, 6) is 1.84. The van der Waals surface area contributed by atoms with Crippen LogP contribution in [0.4, 0.5) is 10.5 Å². The average Bonchev–Trinajstić information content (AvgIpc) is 3.21. The van der Waals surface area contributed by atoms with Gasteiger partial charge in [-0.05, 0) is 82.6 Å². The Balaban J connectivity index is 1.48. The van der Waals surface area contributed by atoms with Crippen LogP contribution in [0.25, 0.3) is 0 Å². The van der Waals surface area contributed by atoms with Crippen molar-refractivity contribution < 1.29 is 32.9 Å². The number of hydrogen-bond acceptors (Lipinski definition) is 9. The first-order chi connectivity index (χ1) is 27.6. The van der Waals surface area contributed by atoms with E-state index in [1.807, 2.05) is 47.0 Å². The number of rotatable bonds is 21. The first-order valence-corrected chi connectivity index (χ1v) is 24.2. The van der Waals surface area contributed by atoms with E-state index in [2.05, 4.69) is 88.9 Å². The number of piperidine rings is 1. The molecule has 0 aliphatic carbocycles. The van der Waals surface area contributed by atoms with Crippen LogP contribution in [0, 0.1) is 0 Å². The van der Waals surface area contributed by atoms with Gasteiger partial charge in [0.1, 0.15) is 19.0 Å². The maximum Gasteiger partial charge on any atom is 0.410 e. The van der Waals surface area contributed by atoms with Crippen LogP contribution in [0.1, 0.15) is 83.4 Å². The predicted octanol–water partition coefficient (Wildman–Crippen LogP) is 10.3. The third-order valence-corrected chi connectivity index (χ3v) is 18.9. The summed E-state index contributed by atoms with van der Waals surface area (Å²) in [6.07, 6.45) is 2.13. The smallest absolute Gasteiger partial charge is 0.410 e. The van der Waals surface area contributed by atoms with Crippen LogP contribution < -0.4 is 9.64 Å². The van der Waals surface area contributed by atoms with Crippen molar-refractivity contribution in [3.63, 3.8) is 0 Å². The van der Waals surface area contributed by atoms with Crippen molar-refractivity contribution in [1.29, 1.82) is 0 Å².